The minimum absolute atomic E-state index is 0.0263. The number of para-hydroxylation sites is 1. The lowest BCUT2D eigenvalue weighted by Crippen LogP contribution is -2.10. The largest absolute Gasteiger partial charge is 0.369 e. The van der Waals surface area contributed by atoms with E-state index >= 15 is 0 Å². The van der Waals surface area contributed by atoms with Crippen LogP contribution >= 0.6 is 23.2 Å². The summed E-state index contributed by atoms with van der Waals surface area (Å²) in [6.07, 6.45) is 0. The van der Waals surface area contributed by atoms with Gasteiger partial charge in [-0.1, -0.05) is 41.4 Å². The van der Waals surface area contributed by atoms with Gasteiger partial charge in [-0.25, -0.2) is 4.98 Å². The number of nitrogen functional groups attached to an aromatic ring is 1. The Bertz CT molecular complexity index is 824. The highest BCUT2D eigenvalue weighted by Crippen LogP contribution is 2.33. The Morgan fingerprint density at radius 3 is 2.67 bits per heavy atom. The standard InChI is InChI=1S/C16H15Cl2N3/c1-9-4-3-5-14-15(9)20-16(19)21(14)10(2)12-7-6-11(17)8-13(12)18/h3-8,10H,1-2H3,(H2,19,20). The zero-order valence-corrected chi connectivity index (χ0v) is 13.3. The Morgan fingerprint density at radius 1 is 1.19 bits per heavy atom. The predicted octanol–water partition coefficient (Wildman–Crippen LogP) is 4.84. The highest BCUT2D eigenvalue weighted by molar-refractivity contribution is 6.35. The summed E-state index contributed by atoms with van der Waals surface area (Å²) < 4.78 is 2.00. The molecule has 5 heteroatoms. The van der Waals surface area contributed by atoms with Gasteiger partial charge in [0.2, 0.25) is 5.95 Å². The van der Waals surface area contributed by atoms with Crippen molar-refractivity contribution in [2.24, 2.45) is 0 Å². The molecule has 0 saturated heterocycles. The van der Waals surface area contributed by atoms with Gasteiger partial charge in [0, 0.05) is 10.0 Å². The first-order valence-electron chi connectivity index (χ1n) is 6.67. The van der Waals surface area contributed by atoms with Crippen LogP contribution in [0.25, 0.3) is 11.0 Å². The average molecular weight is 320 g/mol. The summed E-state index contributed by atoms with van der Waals surface area (Å²) in [5.74, 6) is 0.484. The number of aryl methyl sites for hydroxylation is 1. The fourth-order valence-corrected chi connectivity index (χ4v) is 3.23. The topological polar surface area (TPSA) is 43.8 Å². The first kappa shape index (κ1) is 14.2. The molecule has 3 rings (SSSR count). The molecule has 2 N–H and O–H groups in total. The molecule has 0 spiro atoms. The van der Waals surface area contributed by atoms with Gasteiger partial charge in [-0.3, -0.25) is 0 Å². The third-order valence-electron chi connectivity index (χ3n) is 3.75. The summed E-state index contributed by atoms with van der Waals surface area (Å²) in [5, 5.41) is 1.25. The summed E-state index contributed by atoms with van der Waals surface area (Å²) in [5.41, 5.74) is 10.1. The van der Waals surface area contributed by atoms with Crippen molar-refractivity contribution in [3.63, 3.8) is 0 Å². The number of imidazole rings is 1. The second-order valence-electron chi connectivity index (χ2n) is 5.12. The minimum Gasteiger partial charge on any atom is -0.369 e. The third kappa shape index (κ3) is 2.37. The van der Waals surface area contributed by atoms with Gasteiger partial charge >= 0.3 is 0 Å². The second kappa shape index (κ2) is 5.24. The molecule has 0 amide bonds. The fourth-order valence-electron chi connectivity index (χ4n) is 2.66. The molecule has 3 nitrogen and oxygen atoms in total. The van der Waals surface area contributed by atoms with Crippen LogP contribution in [-0.2, 0) is 0 Å². The van der Waals surface area contributed by atoms with E-state index in [1.807, 2.05) is 41.8 Å². The van der Waals surface area contributed by atoms with Crippen LogP contribution in [0.3, 0.4) is 0 Å². The molecule has 0 radical (unpaired) electrons. The number of nitrogens with two attached hydrogens (primary N) is 1. The molecule has 3 aromatic rings. The molecular weight excluding hydrogens is 305 g/mol. The number of hydrogen-bond acceptors (Lipinski definition) is 2. The summed E-state index contributed by atoms with van der Waals surface area (Å²) in [7, 11) is 0. The molecule has 21 heavy (non-hydrogen) atoms. The quantitative estimate of drug-likeness (QED) is 0.734. The molecule has 1 atom stereocenters. The van der Waals surface area contributed by atoms with Crippen molar-refractivity contribution in [3.8, 4) is 0 Å². The van der Waals surface area contributed by atoms with Crippen molar-refractivity contribution >= 4 is 40.2 Å². The Labute approximate surface area is 133 Å². The molecule has 1 heterocycles. The van der Waals surface area contributed by atoms with E-state index in [4.69, 9.17) is 28.9 Å². The molecule has 0 bridgehead atoms. The van der Waals surface area contributed by atoms with E-state index in [1.54, 1.807) is 6.07 Å². The van der Waals surface area contributed by atoms with Crippen molar-refractivity contribution in [1.29, 1.82) is 0 Å². The number of rotatable bonds is 2. The lowest BCUT2D eigenvalue weighted by molar-refractivity contribution is 0.668. The van der Waals surface area contributed by atoms with Gasteiger partial charge in [0.25, 0.3) is 0 Å². The number of halogens is 2. The normalized spacial score (nSPS) is 12.8. The van der Waals surface area contributed by atoms with Crippen LogP contribution in [0.1, 0.15) is 24.1 Å². The number of nitrogens with zero attached hydrogens (tertiary/aromatic N) is 2. The number of benzene rings is 2. The van der Waals surface area contributed by atoms with Crippen LogP contribution in [0, 0.1) is 6.92 Å². The first-order valence-corrected chi connectivity index (χ1v) is 7.42. The van der Waals surface area contributed by atoms with Gasteiger partial charge in [-0.15, -0.1) is 0 Å². The van der Waals surface area contributed by atoms with Crippen molar-refractivity contribution in [2.45, 2.75) is 19.9 Å². The molecule has 0 fully saturated rings. The Morgan fingerprint density at radius 2 is 1.95 bits per heavy atom. The molecule has 0 saturated carbocycles. The molecule has 1 aromatic heterocycles. The molecule has 2 aromatic carbocycles. The highest BCUT2D eigenvalue weighted by atomic mass is 35.5. The summed E-state index contributed by atoms with van der Waals surface area (Å²) >= 11 is 12.3. The van der Waals surface area contributed by atoms with E-state index in [0.717, 1.165) is 22.2 Å². The number of hydrogen-bond donors (Lipinski definition) is 1. The van der Waals surface area contributed by atoms with E-state index in [9.17, 15) is 0 Å². The number of fused-ring (bicyclic) bond motifs is 1. The predicted molar refractivity (Wildman–Crippen MR) is 89.2 cm³/mol. The minimum atomic E-state index is -0.0263. The van der Waals surface area contributed by atoms with Gasteiger partial charge in [0.05, 0.1) is 17.1 Å². The van der Waals surface area contributed by atoms with Crippen molar-refractivity contribution in [2.75, 3.05) is 5.73 Å². The Hall–Kier alpha value is -1.71. The third-order valence-corrected chi connectivity index (χ3v) is 4.31. The number of anilines is 1. The Kier molecular flexibility index (Phi) is 3.56. The molecule has 108 valence electrons. The van der Waals surface area contributed by atoms with Gasteiger partial charge in [0.15, 0.2) is 0 Å². The molecule has 0 aliphatic heterocycles. The van der Waals surface area contributed by atoms with E-state index in [-0.39, 0.29) is 6.04 Å². The zero-order chi connectivity index (χ0) is 15.1. The van der Waals surface area contributed by atoms with Crippen LogP contribution < -0.4 is 5.73 Å². The van der Waals surface area contributed by atoms with Gasteiger partial charge in [-0.05, 0) is 43.2 Å². The number of aromatic nitrogens is 2. The second-order valence-corrected chi connectivity index (χ2v) is 5.97. The summed E-state index contributed by atoms with van der Waals surface area (Å²) in [6.45, 7) is 4.08. The molecule has 1 unspecified atom stereocenters. The van der Waals surface area contributed by atoms with Crippen molar-refractivity contribution in [1.82, 2.24) is 9.55 Å². The summed E-state index contributed by atoms with van der Waals surface area (Å²) in [6, 6.07) is 11.5. The lowest BCUT2D eigenvalue weighted by Gasteiger charge is -2.18. The maximum absolute atomic E-state index is 6.32. The van der Waals surface area contributed by atoms with Crippen LogP contribution in [0.15, 0.2) is 36.4 Å². The zero-order valence-electron chi connectivity index (χ0n) is 11.8. The maximum atomic E-state index is 6.32. The average Bonchev–Trinajstić information content (AvgIpc) is 2.76. The monoisotopic (exact) mass is 319 g/mol. The van der Waals surface area contributed by atoms with Gasteiger partial charge in [0.1, 0.15) is 0 Å². The van der Waals surface area contributed by atoms with E-state index in [2.05, 4.69) is 11.9 Å². The first-order chi connectivity index (χ1) is 9.99. The van der Waals surface area contributed by atoms with Crippen LogP contribution in [0.4, 0.5) is 5.95 Å². The van der Waals surface area contributed by atoms with Gasteiger partial charge in [-0.2, -0.15) is 0 Å². The fraction of sp³-hybridized carbons (Fsp3) is 0.188. The van der Waals surface area contributed by atoms with E-state index in [0.29, 0.717) is 16.0 Å². The van der Waals surface area contributed by atoms with Crippen molar-refractivity contribution in [3.05, 3.63) is 57.6 Å². The highest BCUT2D eigenvalue weighted by Gasteiger charge is 2.18. The maximum Gasteiger partial charge on any atom is 0.201 e. The van der Waals surface area contributed by atoms with Crippen LogP contribution in [0.2, 0.25) is 10.0 Å². The molecule has 0 aliphatic carbocycles. The molecule has 0 aliphatic rings. The lowest BCUT2D eigenvalue weighted by atomic mass is 10.1. The van der Waals surface area contributed by atoms with E-state index in [1.165, 1.54) is 0 Å². The molecular formula is C16H15Cl2N3. The van der Waals surface area contributed by atoms with Crippen LogP contribution in [0.5, 0.6) is 0 Å². The van der Waals surface area contributed by atoms with Crippen LogP contribution in [-0.4, -0.2) is 9.55 Å². The Balaban J connectivity index is 2.20. The smallest absolute Gasteiger partial charge is 0.201 e. The summed E-state index contributed by atoms with van der Waals surface area (Å²) in [4.78, 5) is 4.48. The van der Waals surface area contributed by atoms with Gasteiger partial charge < -0.3 is 10.3 Å². The van der Waals surface area contributed by atoms with Crippen molar-refractivity contribution < 1.29 is 0 Å². The SMILES string of the molecule is Cc1cccc2c1nc(N)n2C(C)c1ccc(Cl)cc1Cl. The van der Waals surface area contributed by atoms with E-state index < -0.39 is 0 Å².